The molecule has 0 amide bonds. The zero-order valence-corrected chi connectivity index (χ0v) is 53.3. The maximum Gasteiger partial charge on any atom is 0.328 e. The molecule has 0 aliphatic rings. The smallest absolute Gasteiger partial charge is 0.328 e. The van der Waals surface area contributed by atoms with E-state index in [0.717, 1.165) is 34.7 Å². The fraction of sp³-hybridized carbons (Fsp3) is 0.151. The summed E-state index contributed by atoms with van der Waals surface area (Å²) in [5.74, 6) is 1.10. The van der Waals surface area contributed by atoms with E-state index in [1.165, 1.54) is 0 Å². The van der Waals surface area contributed by atoms with E-state index in [0.29, 0.717) is 121 Å². The minimum Gasteiger partial charge on any atom is -0.491 e. The summed E-state index contributed by atoms with van der Waals surface area (Å²) in [6.07, 6.45) is 5.14. The second kappa shape index (κ2) is 29.4. The van der Waals surface area contributed by atoms with E-state index in [1.807, 2.05) is 121 Å². The molecular weight excluding hydrogens is 1230 g/mol. The number of hydrogen-bond acceptors (Lipinski definition) is 10. The number of rotatable bonds is 24. The summed E-state index contributed by atoms with van der Waals surface area (Å²) in [5.41, 5.74) is 8.67. The molecule has 0 spiro atoms. The van der Waals surface area contributed by atoms with Gasteiger partial charge in [-0.25, -0.2) is 9.83 Å². The summed E-state index contributed by atoms with van der Waals surface area (Å²) in [6.45, 7) is 13.1. The number of methoxy groups -OCH3 is 1. The number of fused-ring (bicyclic) bond motifs is 3. The van der Waals surface area contributed by atoms with Crippen LogP contribution in [0.3, 0.4) is 0 Å². The Labute approximate surface area is 553 Å². The Morgan fingerprint density at radius 1 is 0.500 bits per heavy atom. The summed E-state index contributed by atoms with van der Waals surface area (Å²) in [6, 6.07) is 65.9. The van der Waals surface area contributed by atoms with Crippen molar-refractivity contribution in [2.75, 3.05) is 53.4 Å². The molecule has 0 saturated heterocycles. The van der Waals surface area contributed by atoms with Crippen LogP contribution in [-0.2, 0) is 14.2 Å². The molecule has 0 aliphatic heterocycles. The van der Waals surface area contributed by atoms with Gasteiger partial charge in [-0.2, -0.15) is 5.26 Å². The van der Waals surface area contributed by atoms with E-state index in [1.54, 1.807) is 43.8 Å². The second-order valence-corrected chi connectivity index (χ2v) is 23.3. The Bertz CT molecular complexity index is 4470. The molecule has 0 radical (unpaired) electrons. The van der Waals surface area contributed by atoms with Gasteiger partial charge in [0.15, 0.2) is 0 Å². The summed E-state index contributed by atoms with van der Waals surface area (Å²) in [5, 5.41) is 15.7. The van der Waals surface area contributed by atoms with Crippen LogP contribution in [0.15, 0.2) is 207 Å². The molecule has 0 atom stereocenters. The van der Waals surface area contributed by atoms with Crippen LogP contribution in [0.5, 0.6) is 11.5 Å². The minimum atomic E-state index is -0.694. The zero-order valence-electron chi connectivity index (χ0n) is 50.3. The van der Waals surface area contributed by atoms with Crippen molar-refractivity contribution in [2.45, 2.75) is 19.8 Å². The fourth-order valence-corrected chi connectivity index (χ4v) is 12.3. The molecule has 92 heavy (non-hydrogen) atoms. The number of unbranched alkanes of at least 4 members (excludes halogenated alkanes) is 1. The van der Waals surface area contributed by atoms with Gasteiger partial charge in [0.25, 0.3) is 0 Å². The normalized spacial score (nSPS) is 12.0. The third kappa shape index (κ3) is 13.3. The highest BCUT2D eigenvalue weighted by molar-refractivity contribution is 6.85. The maximum atomic E-state index is 12.5. The van der Waals surface area contributed by atoms with Crippen LogP contribution in [0.4, 0.5) is 0 Å². The SMILES string of the molecule is [C-]#[N+]/C(c1cnc2cc(Cl)c(Cl)cc2n1)=c1\c2c(-c3cccc(OCCOCCCC)c3)n(B(c3ccccc3)c3ccccc3)/c(=C(/C#N)c3cnc4cc(Cl)c(Cl)cc4n3)c2c(-c2cccc(OCCOCCOC)c2)n1B(c1ccccc1)c1ccccc1. The number of aromatic nitrogens is 6. The third-order valence-electron chi connectivity index (χ3n) is 15.8. The van der Waals surface area contributed by atoms with Crippen molar-refractivity contribution in [3.63, 3.8) is 0 Å². The number of ether oxygens (including phenoxy) is 5. The molecule has 4 aromatic heterocycles. The van der Waals surface area contributed by atoms with Crippen molar-refractivity contribution in [1.82, 2.24) is 28.9 Å². The standard InChI is InChI=1S/C73H58B2Cl4N8O5/c1-4-5-32-89-35-37-91-55-31-19-21-49(40-55)71-68-67(72(56(45-80)65-46-82-61-41-57(76)59(78)43-63(61)84-65)86(71)74(50-22-10-6-11-23-50)51-24-12-7-13-25-51)70(48-20-18-30-54(39-48)92-38-36-90-34-33-88-3)87(75(52-26-14-8-15-27-52)53-28-16-9-17-29-53)73(68)69(81-2)66-47-83-62-42-58(77)60(79)44-64(62)85-66/h6-31,39-44,46-47H,4-5,32-38H2,1,3H3/b72-56-,73-69+. The molecule has 0 bridgehead atoms. The fourth-order valence-electron chi connectivity index (χ4n) is 11.7. The van der Waals surface area contributed by atoms with Gasteiger partial charge in [0.2, 0.25) is 5.70 Å². The Morgan fingerprint density at radius 3 is 1.36 bits per heavy atom. The van der Waals surface area contributed by atoms with Gasteiger partial charge in [-0.15, -0.1) is 0 Å². The third-order valence-corrected chi connectivity index (χ3v) is 17.2. The lowest BCUT2D eigenvalue weighted by Gasteiger charge is -2.25. The average Bonchev–Trinajstić information content (AvgIpc) is 1.52. The van der Waals surface area contributed by atoms with E-state index in [-0.39, 0.29) is 45.9 Å². The second-order valence-electron chi connectivity index (χ2n) is 21.6. The highest BCUT2D eigenvalue weighted by Gasteiger charge is 2.38. The van der Waals surface area contributed by atoms with Gasteiger partial charge in [0.05, 0.1) is 92.4 Å². The number of benzene rings is 8. The maximum absolute atomic E-state index is 12.5. The molecule has 0 N–H and O–H groups in total. The monoisotopic (exact) mass is 1290 g/mol. The molecule has 0 aliphatic carbocycles. The van der Waals surface area contributed by atoms with E-state index in [2.05, 4.69) is 75.3 Å². The first-order valence-corrected chi connectivity index (χ1v) is 31.6. The lowest BCUT2D eigenvalue weighted by molar-refractivity contribution is 0.0544. The molecule has 454 valence electrons. The summed E-state index contributed by atoms with van der Waals surface area (Å²) in [4.78, 5) is 25.0. The van der Waals surface area contributed by atoms with Gasteiger partial charge >= 0.3 is 13.7 Å². The molecular formula is C73H58B2Cl4N8O5. The number of nitrogens with zero attached hydrogens (tertiary/aromatic N) is 8. The van der Waals surface area contributed by atoms with E-state index < -0.39 is 13.7 Å². The lowest BCUT2D eigenvalue weighted by Crippen LogP contribution is -2.54. The van der Waals surface area contributed by atoms with Crippen molar-refractivity contribution in [2.24, 2.45) is 0 Å². The van der Waals surface area contributed by atoms with Gasteiger partial charge in [-0.3, -0.25) is 15.0 Å². The highest BCUT2D eigenvalue weighted by atomic mass is 35.5. The molecule has 0 unspecified atom stereocenters. The summed E-state index contributed by atoms with van der Waals surface area (Å²) < 4.78 is 34.8. The van der Waals surface area contributed by atoms with Gasteiger partial charge < -0.3 is 32.6 Å². The van der Waals surface area contributed by atoms with Crippen LogP contribution in [0.1, 0.15) is 31.2 Å². The Balaban J connectivity index is 1.37. The van der Waals surface area contributed by atoms with Crippen LogP contribution >= 0.6 is 46.4 Å². The summed E-state index contributed by atoms with van der Waals surface area (Å²) in [7, 11) is 1.63. The topological polar surface area (TPSA) is 136 Å². The predicted molar refractivity (Wildman–Crippen MR) is 372 cm³/mol. The van der Waals surface area contributed by atoms with Gasteiger partial charge in [-0.05, 0) is 55.0 Å². The zero-order chi connectivity index (χ0) is 63.5. The van der Waals surface area contributed by atoms with Gasteiger partial charge in [0, 0.05) is 58.5 Å². The Morgan fingerprint density at radius 2 is 0.913 bits per heavy atom. The van der Waals surface area contributed by atoms with Crippen LogP contribution in [0.2, 0.25) is 20.1 Å². The number of nitriles is 1. The first-order chi connectivity index (χ1) is 45.2. The molecule has 19 heteroatoms. The average molecular weight is 1290 g/mol. The molecule has 12 aromatic rings. The van der Waals surface area contributed by atoms with Crippen molar-refractivity contribution in [3.8, 4) is 40.1 Å². The van der Waals surface area contributed by atoms with Crippen molar-refractivity contribution >= 4 is 126 Å². The van der Waals surface area contributed by atoms with Crippen LogP contribution in [0.25, 0.3) is 71.5 Å². The molecule has 12 rings (SSSR count). The first kappa shape index (κ1) is 62.9. The van der Waals surface area contributed by atoms with E-state index in [9.17, 15) is 11.8 Å². The minimum absolute atomic E-state index is 0.132. The highest BCUT2D eigenvalue weighted by Crippen LogP contribution is 2.39. The molecule has 8 aromatic carbocycles. The van der Waals surface area contributed by atoms with E-state index in [4.69, 9.17) is 90.0 Å². The van der Waals surface area contributed by atoms with Crippen LogP contribution in [0, 0.1) is 17.9 Å². The molecule has 0 saturated carbocycles. The molecule has 13 nitrogen and oxygen atoms in total. The molecule has 4 heterocycles. The largest absolute Gasteiger partial charge is 0.491 e. The molecule has 0 fully saturated rings. The van der Waals surface area contributed by atoms with Crippen molar-refractivity contribution in [1.29, 1.82) is 5.26 Å². The predicted octanol–water partition coefficient (Wildman–Crippen LogP) is 12.6. The lowest BCUT2D eigenvalue weighted by atomic mass is 9.50. The van der Waals surface area contributed by atoms with Crippen molar-refractivity contribution in [3.05, 3.63) is 260 Å². The Hall–Kier alpha value is -9.25. The number of hydrogen-bond donors (Lipinski definition) is 0. The quantitative estimate of drug-likeness (QED) is 0.0327. The van der Waals surface area contributed by atoms with Gasteiger partial charge in [0.1, 0.15) is 42.0 Å². The first-order valence-electron chi connectivity index (χ1n) is 30.1. The Kier molecular flexibility index (Phi) is 20.1. The van der Waals surface area contributed by atoms with Crippen LogP contribution < -0.4 is 42.0 Å². The van der Waals surface area contributed by atoms with Gasteiger partial charge in [-0.1, -0.05) is 227 Å². The van der Waals surface area contributed by atoms with Crippen LogP contribution in [-0.4, -0.2) is 95.9 Å². The van der Waals surface area contributed by atoms with Crippen molar-refractivity contribution < 1.29 is 23.7 Å². The summed E-state index contributed by atoms with van der Waals surface area (Å²) >= 11 is 26.8. The van der Waals surface area contributed by atoms with E-state index >= 15 is 0 Å². The number of halogens is 4.